The predicted octanol–water partition coefficient (Wildman–Crippen LogP) is 7.37. The summed E-state index contributed by atoms with van der Waals surface area (Å²) in [6, 6.07) is 9.60. The van der Waals surface area contributed by atoms with E-state index in [2.05, 4.69) is 54.7 Å². The van der Waals surface area contributed by atoms with Crippen molar-refractivity contribution >= 4 is 69.6 Å². The molecule has 0 bridgehead atoms. The highest BCUT2D eigenvalue weighted by molar-refractivity contribution is 9.10. The van der Waals surface area contributed by atoms with Crippen LogP contribution in [-0.2, 0) is 31.9 Å². The van der Waals surface area contributed by atoms with E-state index >= 15 is 0 Å². The SMILES string of the molecule is CC(C)(C)OC(=O)N[C@H]1CCc2cc(Br)ccc2NC1=O.CS.[2H]CF.[C-]#[N+]c1ccc2c(c1)CC[C@H](NC(=O)OC(C)(C)C)C(=O)N2. The van der Waals surface area contributed by atoms with Crippen LogP contribution in [0.5, 0.6) is 0 Å². The second-order valence-electron chi connectivity index (χ2n) is 12.2. The van der Waals surface area contributed by atoms with Gasteiger partial charge in [0.15, 0.2) is 5.69 Å². The van der Waals surface area contributed by atoms with Crippen molar-refractivity contribution in [2.45, 2.75) is 90.5 Å². The third-order valence-electron chi connectivity index (χ3n) is 6.22. The molecule has 2 aromatic rings. The van der Waals surface area contributed by atoms with Crippen LogP contribution in [0.2, 0.25) is 0 Å². The monoisotopic (exact) mass is 738 g/mol. The Hall–Kier alpha value is -3.83. The number of nitrogens with zero attached hydrogens (tertiary/aromatic N) is 1. The van der Waals surface area contributed by atoms with Crippen molar-refractivity contribution in [3.63, 3.8) is 0 Å². The Bertz CT molecular complexity index is 1460. The molecule has 2 atom stereocenters. The minimum absolute atomic E-state index is 0.220. The number of amides is 4. The van der Waals surface area contributed by atoms with Crippen molar-refractivity contribution in [2.75, 3.05) is 24.0 Å². The van der Waals surface area contributed by atoms with Crippen molar-refractivity contribution in [3.05, 3.63) is 63.4 Å². The second-order valence-corrected chi connectivity index (χ2v) is 13.1. The van der Waals surface area contributed by atoms with E-state index in [1.165, 1.54) is 0 Å². The smallest absolute Gasteiger partial charge is 0.408 e. The largest absolute Gasteiger partial charge is 0.444 e. The first-order valence-electron chi connectivity index (χ1n) is 15.3. The van der Waals surface area contributed by atoms with Gasteiger partial charge < -0.3 is 30.7 Å². The van der Waals surface area contributed by atoms with Gasteiger partial charge in [0.2, 0.25) is 11.8 Å². The van der Waals surface area contributed by atoms with Crippen LogP contribution in [0, 0.1) is 6.57 Å². The van der Waals surface area contributed by atoms with Crippen molar-refractivity contribution < 1.29 is 34.4 Å². The fourth-order valence-electron chi connectivity index (χ4n) is 4.35. The van der Waals surface area contributed by atoms with E-state index in [1.807, 2.05) is 18.2 Å². The fraction of sp³-hybridized carbons (Fsp3) is 0.485. The number of fused-ring (bicyclic) bond motifs is 2. The molecule has 258 valence electrons. The highest BCUT2D eigenvalue weighted by atomic mass is 79.9. The van der Waals surface area contributed by atoms with Crippen LogP contribution < -0.4 is 21.3 Å². The van der Waals surface area contributed by atoms with Gasteiger partial charge in [0.25, 0.3) is 0 Å². The molecule has 2 heterocycles. The first kappa shape index (κ1) is 39.3. The predicted molar refractivity (Wildman–Crippen MR) is 189 cm³/mol. The normalized spacial score (nSPS) is 16.9. The molecule has 4 N–H and O–H groups in total. The zero-order chi connectivity index (χ0) is 36.7. The summed E-state index contributed by atoms with van der Waals surface area (Å²) in [7, 11) is -1.00. The van der Waals surface area contributed by atoms with Crippen LogP contribution in [0.15, 0.2) is 40.9 Å². The maximum Gasteiger partial charge on any atom is 0.408 e. The van der Waals surface area contributed by atoms with Crippen molar-refractivity contribution in [3.8, 4) is 0 Å². The van der Waals surface area contributed by atoms with Crippen LogP contribution >= 0.6 is 28.6 Å². The molecule has 11 nitrogen and oxygen atoms in total. The Balaban J connectivity index is 0.000000424. The van der Waals surface area contributed by atoms with Gasteiger partial charge in [0, 0.05) is 15.8 Å². The number of nitrogens with one attached hydrogen (secondary N) is 4. The Labute approximate surface area is 291 Å². The van der Waals surface area contributed by atoms with Crippen LogP contribution in [0.25, 0.3) is 4.85 Å². The highest BCUT2D eigenvalue weighted by Crippen LogP contribution is 2.27. The van der Waals surface area contributed by atoms with Gasteiger partial charge in [-0.05, 0) is 109 Å². The number of thiol groups is 1. The maximum atomic E-state index is 12.2. The van der Waals surface area contributed by atoms with Gasteiger partial charge in [0.05, 0.1) is 15.1 Å². The van der Waals surface area contributed by atoms with Crippen molar-refractivity contribution in [1.29, 1.82) is 0 Å². The lowest BCUT2D eigenvalue weighted by Gasteiger charge is -2.22. The minimum Gasteiger partial charge on any atom is -0.444 e. The lowest BCUT2D eigenvalue weighted by Crippen LogP contribution is -2.45. The Morgan fingerprint density at radius 2 is 1.30 bits per heavy atom. The number of anilines is 2. The molecule has 0 radical (unpaired) electrons. The van der Waals surface area contributed by atoms with Crippen LogP contribution in [-0.4, -0.2) is 60.7 Å². The van der Waals surface area contributed by atoms with E-state index in [9.17, 15) is 23.6 Å². The number of benzene rings is 2. The summed E-state index contributed by atoms with van der Waals surface area (Å²) >= 11 is 6.94. The summed E-state index contributed by atoms with van der Waals surface area (Å²) in [5, 5.41) is 10.8. The third-order valence-corrected chi connectivity index (χ3v) is 6.71. The van der Waals surface area contributed by atoms with Gasteiger partial charge in [-0.25, -0.2) is 14.4 Å². The fourth-order valence-corrected chi connectivity index (χ4v) is 4.75. The summed E-state index contributed by atoms with van der Waals surface area (Å²) < 4.78 is 26.8. The average molecular weight is 740 g/mol. The number of carbonyl (C=O) groups excluding carboxylic acids is 4. The Kier molecular flexibility index (Phi) is 16.0. The molecular weight excluding hydrogens is 693 g/mol. The molecule has 2 aliphatic rings. The van der Waals surface area contributed by atoms with Gasteiger partial charge >= 0.3 is 12.2 Å². The first-order valence-corrected chi connectivity index (χ1v) is 16.3. The number of alkyl halides is 1. The standard InChI is InChI=1S/C16H19N3O3.C15H19BrN2O3.CH3F.CH4S/c1-16(2,3)22-15(21)19-13-7-5-10-9-11(17-4)6-8-12(10)18-14(13)20;1-15(2,3)21-14(20)18-12-6-4-9-8-10(16)5-7-11(9)17-13(12)19;2*1-2/h6,8-9,13H,5,7H2,1-3H3,(H,18,20)(H,19,21);5,7-8,12H,4,6H2,1-3H3,(H,17,19)(H,18,20);1H3;2H,1H3/t13-;12-;;/m00../s1/i;;1D;. The van der Waals surface area contributed by atoms with E-state index in [1.54, 1.807) is 66.0 Å². The molecular formula is C33H45BrFN5O6S. The molecule has 0 unspecified atom stereocenters. The van der Waals surface area contributed by atoms with Crippen LogP contribution in [0.4, 0.5) is 31.0 Å². The molecule has 0 aromatic heterocycles. The van der Waals surface area contributed by atoms with E-state index in [-0.39, 0.29) is 11.8 Å². The van der Waals surface area contributed by atoms with Gasteiger partial charge in [-0.3, -0.25) is 14.0 Å². The minimum atomic E-state index is -1.00. The molecule has 2 aromatic carbocycles. The number of halogens is 2. The first-order chi connectivity index (χ1) is 22.4. The van der Waals surface area contributed by atoms with Crippen molar-refractivity contribution in [2.24, 2.45) is 0 Å². The zero-order valence-corrected chi connectivity index (χ0v) is 30.2. The zero-order valence-electron chi connectivity index (χ0n) is 28.8. The average Bonchev–Trinajstić information content (AvgIpc) is 3.23. The number of hydrogen-bond acceptors (Lipinski definition) is 7. The summed E-state index contributed by atoms with van der Waals surface area (Å²) in [4.78, 5) is 51.3. The van der Waals surface area contributed by atoms with E-state index in [0.29, 0.717) is 37.1 Å². The molecule has 2 aliphatic heterocycles. The number of rotatable bonds is 2. The quantitative estimate of drug-likeness (QED) is 0.161. The van der Waals surface area contributed by atoms with Gasteiger partial charge in [-0.1, -0.05) is 28.1 Å². The van der Waals surface area contributed by atoms with E-state index in [4.69, 9.17) is 17.4 Å². The molecule has 47 heavy (non-hydrogen) atoms. The molecule has 4 amide bonds. The van der Waals surface area contributed by atoms with Crippen LogP contribution in [0.1, 0.15) is 66.9 Å². The Morgan fingerprint density at radius 1 is 0.894 bits per heavy atom. The topological polar surface area (TPSA) is 139 Å². The molecule has 4 rings (SSSR count). The molecule has 14 heteroatoms. The molecule has 0 aliphatic carbocycles. The van der Waals surface area contributed by atoms with Gasteiger partial charge in [0.1, 0.15) is 23.3 Å². The molecule has 0 saturated carbocycles. The lowest BCUT2D eigenvalue weighted by atomic mass is 10.1. The molecule has 0 spiro atoms. The lowest BCUT2D eigenvalue weighted by molar-refractivity contribution is -0.118. The number of alkyl carbamates (subject to hydrolysis) is 2. The Morgan fingerprint density at radius 3 is 1.70 bits per heavy atom. The second kappa shape index (κ2) is 19.1. The number of ether oxygens (including phenoxy) is 2. The van der Waals surface area contributed by atoms with Gasteiger partial charge in [-0.2, -0.15) is 12.6 Å². The summed E-state index contributed by atoms with van der Waals surface area (Å²) in [6.45, 7) is 17.7. The molecule has 0 saturated heterocycles. The number of aryl methyl sites for hydroxylation is 2. The van der Waals surface area contributed by atoms with E-state index in [0.717, 1.165) is 21.3 Å². The summed E-state index contributed by atoms with van der Waals surface area (Å²) in [5.74, 6) is -0.498. The number of carbonyl (C=O) groups is 4. The third kappa shape index (κ3) is 14.6. The summed E-state index contributed by atoms with van der Waals surface area (Å²) in [5.41, 5.74) is 2.76. The maximum absolute atomic E-state index is 12.2. The van der Waals surface area contributed by atoms with E-state index < -0.39 is 42.6 Å². The van der Waals surface area contributed by atoms with Crippen LogP contribution in [0.3, 0.4) is 0 Å². The van der Waals surface area contributed by atoms with Gasteiger partial charge in [-0.15, -0.1) is 0 Å². The summed E-state index contributed by atoms with van der Waals surface area (Å²) in [6.07, 6.45) is 2.80. The highest BCUT2D eigenvalue weighted by Gasteiger charge is 2.28. The number of hydrogen-bond donors (Lipinski definition) is 5. The van der Waals surface area contributed by atoms with Crippen molar-refractivity contribution in [1.82, 2.24) is 10.6 Å². The molecule has 0 fully saturated rings.